The molecule has 66 valence electrons. The van der Waals surface area contributed by atoms with Crippen molar-refractivity contribution in [1.82, 2.24) is 0 Å². The predicted octanol–water partition coefficient (Wildman–Crippen LogP) is 0.516. The van der Waals surface area contributed by atoms with Crippen LogP contribution >= 0.6 is 0 Å². The Labute approximate surface area is 70.4 Å². The maximum absolute atomic E-state index is 10.3. The lowest BCUT2D eigenvalue weighted by atomic mass is 9.67. The summed E-state index contributed by atoms with van der Waals surface area (Å²) in [6.45, 7) is 0. The van der Waals surface area contributed by atoms with Gasteiger partial charge in [0.2, 0.25) is 0 Å². The first-order chi connectivity index (χ1) is 5.59. The molecule has 0 spiro atoms. The van der Waals surface area contributed by atoms with Crippen LogP contribution in [0.2, 0.25) is 0 Å². The highest BCUT2D eigenvalue weighted by molar-refractivity contribution is 5.72. The fourth-order valence-corrected chi connectivity index (χ4v) is 1.42. The van der Waals surface area contributed by atoms with E-state index in [9.17, 15) is 4.79 Å². The van der Waals surface area contributed by atoms with Gasteiger partial charge in [0, 0.05) is 6.42 Å². The monoisotopic (exact) mass is 169 g/mol. The molecule has 1 saturated carbocycles. The Morgan fingerprint density at radius 3 is 2.50 bits per heavy atom. The summed E-state index contributed by atoms with van der Waals surface area (Å²) in [4.78, 5) is 10.3. The second kappa shape index (κ2) is 3.11. The average Bonchev–Trinajstić information content (AvgIpc) is 1.96. The lowest BCUT2D eigenvalue weighted by molar-refractivity contribution is -0.148. The second-order valence-electron chi connectivity index (χ2n) is 3.30. The molecule has 2 N–H and O–H groups in total. The summed E-state index contributed by atoms with van der Waals surface area (Å²) in [6, 6.07) is 2.08. The van der Waals surface area contributed by atoms with Crippen LogP contribution in [0.4, 0.5) is 0 Å². The van der Waals surface area contributed by atoms with Crippen molar-refractivity contribution in [2.75, 3.05) is 0 Å². The molecule has 4 heteroatoms. The third kappa shape index (κ3) is 1.56. The molecule has 0 aromatic heterocycles. The third-order valence-electron chi connectivity index (χ3n) is 2.42. The van der Waals surface area contributed by atoms with Gasteiger partial charge >= 0.3 is 5.97 Å². The summed E-state index contributed by atoms with van der Waals surface area (Å²) in [5.41, 5.74) is -0.558. The molecule has 0 heterocycles. The smallest absolute Gasteiger partial charge is 0.332 e. The van der Waals surface area contributed by atoms with E-state index in [1.807, 2.05) is 0 Å². The zero-order valence-corrected chi connectivity index (χ0v) is 6.66. The summed E-state index contributed by atoms with van der Waals surface area (Å²) in [7, 11) is 0. The van der Waals surface area contributed by atoms with Crippen LogP contribution in [0.3, 0.4) is 0 Å². The van der Waals surface area contributed by atoms with Gasteiger partial charge in [-0.05, 0) is 12.8 Å². The van der Waals surface area contributed by atoms with Gasteiger partial charge in [0.25, 0.3) is 0 Å². The number of carbonyl (C=O) groups is 1. The van der Waals surface area contributed by atoms with Crippen LogP contribution < -0.4 is 0 Å². The van der Waals surface area contributed by atoms with E-state index in [1.54, 1.807) is 0 Å². The topological polar surface area (TPSA) is 81.3 Å². The normalized spacial score (nSPS) is 22.0. The first kappa shape index (κ1) is 9.01. The minimum Gasteiger partial charge on any atom is -0.479 e. The van der Waals surface area contributed by atoms with Gasteiger partial charge in [0.05, 0.1) is 11.5 Å². The van der Waals surface area contributed by atoms with Crippen LogP contribution in [0.1, 0.15) is 25.7 Å². The number of nitrogens with zero attached hydrogens (tertiary/aromatic N) is 1. The molecule has 1 fully saturated rings. The number of aliphatic hydroxyl groups excluding tert-OH is 1. The van der Waals surface area contributed by atoms with Crippen molar-refractivity contribution in [3.05, 3.63) is 0 Å². The van der Waals surface area contributed by atoms with Crippen molar-refractivity contribution in [2.45, 2.75) is 31.8 Å². The maximum Gasteiger partial charge on any atom is 0.332 e. The Morgan fingerprint density at radius 1 is 1.67 bits per heavy atom. The number of aliphatic hydroxyl groups is 1. The Kier molecular flexibility index (Phi) is 2.34. The van der Waals surface area contributed by atoms with Crippen LogP contribution in [0.5, 0.6) is 0 Å². The molecule has 0 aliphatic heterocycles. The molecule has 0 aromatic rings. The molecule has 1 aliphatic carbocycles. The van der Waals surface area contributed by atoms with Crippen molar-refractivity contribution in [3.63, 3.8) is 0 Å². The van der Waals surface area contributed by atoms with Gasteiger partial charge < -0.3 is 10.2 Å². The molecule has 12 heavy (non-hydrogen) atoms. The number of hydrogen-bond donors (Lipinski definition) is 2. The highest BCUT2D eigenvalue weighted by Gasteiger charge is 2.40. The van der Waals surface area contributed by atoms with Crippen molar-refractivity contribution < 1.29 is 15.0 Å². The lowest BCUT2D eigenvalue weighted by Gasteiger charge is -2.35. The highest BCUT2D eigenvalue weighted by Crippen LogP contribution is 2.43. The molecule has 1 atom stereocenters. The van der Waals surface area contributed by atoms with Crippen molar-refractivity contribution in [3.8, 4) is 6.07 Å². The minimum atomic E-state index is -1.38. The quantitative estimate of drug-likeness (QED) is 0.645. The number of rotatable bonds is 3. The van der Waals surface area contributed by atoms with Gasteiger partial charge in [-0.2, -0.15) is 5.26 Å². The number of carboxylic acids is 1. The largest absolute Gasteiger partial charge is 0.479 e. The standard InChI is InChI=1S/C8H11NO3/c9-5-8(2-1-3-8)4-6(10)7(11)12/h6,10H,1-4H2,(H,11,12). The fraction of sp³-hybridized carbons (Fsp3) is 0.750. The second-order valence-corrected chi connectivity index (χ2v) is 3.30. The number of hydrogen-bond acceptors (Lipinski definition) is 3. The van der Waals surface area contributed by atoms with Gasteiger partial charge in [-0.25, -0.2) is 4.79 Å². The van der Waals surface area contributed by atoms with Crippen molar-refractivity contribution in [1.29, 1.82) is 5.26 Å². The first-order valence-electron chi connectivity index (χ1n) is 3.92. The van der Waals surface area contributed by atoms with Crippen molar-refractivity contribution in [2.24, 2.45) is 5.41 Å². The van der Waals surface area contributed by atoms with Gasteiger partial charge in [-0.15, -0.1) is 0 Å². The SMILES string of the molecule is N#CC1(CC(O)C(=O)O)CCC1. The number of carboxylic acid groups (broad SMARTS) is 1. The van der Waals surface area contributed by atoms with E-state index in [1.165, 1.54) is 0 Å². The van der Waals surface area contributed by atoms with Gasteiger partial charge in [0.1, 0.15) is 0 Å². The number of aliphatic carboxylic acids is 1. The summed E-state index contributed by atoms with van der Waals surface area (Å²) in [5, 5.41) is 26.1. The van der Waals surface area contributed by atoms with Gasteiger partial charge in [0.15, 0.2) is 6.10 Å². The molecule has 1 rings (SSSR count). The molecule has 4 nitrogen and oxygen atoms in total. The average molecular weight is 169 g/mol. The molecular weight excluding hydrogens is 158 g/mol. The van der Waals surface area contributed by atoms with E-state index in [-0.39, 0.29) is 6.42 Å². The molecule has 1 aliphatic rings. The summed E-state index contributed by atoms with van der Waals surface area (Å²) >= 11 is 0. The third-order valence-corrected chi connectivity index (χ3v) is 2.42. The fourth-order valence-electron chi connectivity index (χ4n) is 1.42. The molecule has 0 bridgehead atoms. The zero-order valence-electron chi connectivity index (χ0n) is 6.66. The van der Waals surface area contributed by atoms with Crippen molar-refractivity contribution >= 4 is 5.97 Å². The number of nitriles is 1. The summed E-state index contributed by atoms with van der Waals surface area (Å²) in [6.07, 6.45) is 1.07. The maximum atomic E-state index is 10.3. The zero-order chi connectivity index (χ0) is 9.19. The van der Waals surface area contributed by atoms with Gasteiger partial charge in [-0.3, -0.25) is 0 Å². The Morgan fingerprint density at radius 2 is 2.25 bits per heavy atom. The van der Waals surface area contributed by atoms with E-state index < -0.39 is 17.5 Å². The van der Waals surface area contributed by atoms with Gasteiger partial charge in [-0.1, -0.05) is 6.42 Å². The summed E-state index contributed by atoms with van der Waals surface area (Å²) < 4.78 is 0. The molecule has 1 unspecified atom stereocenters. The Hall–Kier alpha value is -1.08. The van der Waals surface area contributed by atoms with E-state index in [0.717, 1.165) is 6.42 Å². The van der Waals surface area contributed by atoms with E-state index in [4.69, 9.17) is 15.5 Å². The predicted molar refractivity (Wildman–Crippen MR) is 40.2 cm³/mol. The lowest BCUT2D eigenvalue weighted by Crippen LogP contribution is -2.35. The van der Waals surface area contributed by atoms with Crippen LogP contribution in [0, 0.1) is 16.7 Å². The van der Waals surface area contributed by atoms with Crippen LogP contribution in [0.15, 0.2) is 0 Å². The minimum absolute atomic E-state index is 0.0683. The van der Waals surface area contributed by atoms with E-state index in [2.05, 4.69) is 6.07 Å². The molecule has 0 amide bonds. The van der Waals surface area contributed by atoms with E-state index >= 15 is 0 Å². The molecule has 0 radical (unpaired) electrons. The molecule has 0 aromatic carbocycles. The van der Waals surface area contributed by atoms with Crippen LogP contribution in [-0.2, 0) is 4.79 Å². The first-order valence-corrected chi connectivity index (χ1v) is 3.92. The van der Waals surface area contributed by atoms with Crippen LogP contribution in [0.25, 0.3) is 0 Å². The molecule has 0 saturated heterocycles. The Balaban J connectivity index is 2.50. The van der Waals surface area contributed by atoms with Crippen LogP contribution in [-0.4, -0.2) is 22.3 Å². The Bertz CT molecular complexity index is 227. The molecular formula is C8H11NO3. The summed E-state index contributed by atoms with van der Waals surface area (Å²) in [5.74, 6) is -1.24. The highest BCUT2D eigenvalue weighted by atomic mass is 16.4. The van der Waals surface area contributed by atoms with E-state index in [0.29, 0.717) is 12.8 Å².